The molecule has 2 fully saturated rings. The lowest BCUT2D eigenvalue weighted by Crippen LogP contribution is -2.52. The fourth-order valence-corrected chi connectivity index (χ4v) is 12.3. The molecular formula is C37H45N3O7Si. The smallest absolute Gasteiger partial charge is 0.264 e. The van der Waals surface area contributed by atoms with E-state index in [2.05, 4.69) is 37.5 Å². The number of likely N-dealkylation sites (N-methyl/N-ethyl adjacent to an activating group) is 1. The molecule has 3 heterocycles. The normalized spacial score (nSPS) is 25.0. The van der Waals surface area contributed by atoms with Crippen molar-refractivity contribution >= 4 is 42.4 Å². The van der Waals surface area contributed by atoms with Crippen LogP contribution in [0.15, 0.2) is 66.7 Å². The number of benzene rings is 3. The summed E-state index contributed by atoms with van der Waals surface area (Å²) in [5, 5.41) is 14.1. The summed E-state index contributed by atoms with van der Waals surface area (Å²) in [6, 6.07) is 20.2. The van der Waals surface area contributed by atoms with E-state index in [1.807, 2.05) is 24.3 Å². The molecule has 3 aliphatic rings. The summed E-state index contributed by atoms with van der Waals surface area (Å²) in [6.45, 7) is 7.15. The van der Waals surface area contributed by atoms with Crippen LogP contribution in [-0.4, -0.2) is 82.4 Å². The van der Waals surface area contributed by atoms with E-state index >= 15 is 0 Å². The molecule has 254 valence electrons. The average Bonchev–Trinajstić information content (AvgIpc) is 3.75. The van der Waals surface area contributed by atoms with Crippen LogP contribution < -0.4 is 24.9 Å². The van der Waals surface area contributed by atoms with Crippen LogP contribution in [0.25, 0.3) is 0 Å². The summed E-state index contributed by atoms with van der Waals surface area (Å²) in [6.07, 6.45) is 1.18. The van der Waals surface area contributed by atoms with E-state index in [1.54, 1.807) is 61.4 Å². The minimum atomic E-state index is -2.45. The number of anilines is 2. The predicted octanol–water partition coefficient (Wildman–Crippen LogP) is 4.52. The average molecular weight is 672 g/mol. The molecule has 6 rings (SSSR count). The molecule has 0 bridgehead atoms. The minimum absolute atomic E-state index is 0.0649. The Bertz CT molecular complexity index is 1700. The maximum absolute atomic E-state index is 14.5. The molecule has 11 heteroatoms. The van der Waals surface area contributed by atoms with Crippen LogP contribution in [0.2, 0.25) is 18.6 Å². The molecule has 0 radical (unpaired) electrons. The zero-order valence-corrected chi connectivity index (χ0v) is 29.5. The van der Waals surface area contributed by atoms with Gasteiger partial charge in [-0.25, -0.2) is 0 Å². The van der Waals surface area contributed by atoms with Gasteiger partial charge in [-0.2, -0.15) is 0 Å². The highest BCUT2D eigenvalue weighted by molar-refractivity contribution is 6.91. The Labute approximate surface area is 283 Å². The van der Waals surface area contributed by atoms with Gasteiger partial charge in [0, 0.05) is 36.3 Å². The van der Waals surface area contributed by atoms with Gasteiger partial charge in [-0.05, 0) is 73.0 Å². The Hall–Kier alpha value is -4.19. The lowest BCUT2D eigenvalue weighted by atomic mass is 9.82. The third-order valence-corrected chi connectivity index (χ3v) is 15.2. The van der Waals surface area contributed by atoms with Crippen molar-refractivity contribution in [1.82, 2.24) is 4.90 Å². The van der Waals surface area contributed by atoms with Crippen LogP contribution in [0.3, 0.4) is 0 Å². The highest BCUT2D eigenvalue weighted by Gasteiger charge is 2.66. The van der Waals surface area contributed by atoms with Crippen LogP contribution in [0.4, 0.5) is 11.4 Å². The van der Waals surface area contributed by atoms with Gasteiger partial charge in [-0.3, -0.25) is 14.4 Å². The van der Waals surface area contributed by atoms with E-state index < -0.39 is 19.8 Å². The van der Waals surface area contributed by atoms with Gasteiger partial charge in [0.1, 0.15) is 11.5 Å². The van der Waals surface area contributed by atoms with E-state index in [-0.39, 0.29) is 48.3 Å². The van der Waals surface area contributed by atoms with Gasteiger partial charge in [0.2, 0.25) is 5.91 Å². The third kappa shape index (κ3) is 5.57. The first kappa shape index (κ1) is 33.7. The summed E-state index contributed by atoms with van der Waals surface area (Å²) >= 11 is 0. The number of aliphatic hydroxyl groups excluding tert-OH is 1. The van der Waals surface area contributed by atoms with Crippen molar-refractivity contribution in [3.63, 3.8) is 0 Å². The molecule has 3 amide bonds. The molecule has 0 aliphatic carbocycles. The van der Waals surface area contributed by atoms with E-state index in [0.717, 1.165) is 18.6 Å². The highest BCUT2D eigenvalue weighted by atomic mass is 28.3. The van der Waals surface area contributed by atoms with Gasteiger partial charge in [0.05, 0.1) is 53.2 Å². The first-order valence-electron chi connectivity index (χ1n) is 16.6. The van der Waals surface area contributed by atoms with Crippen molar-refractivity contribution in [2.24, 2.45) is 5.92 Å². The van der Waals surface area contributed by atoms with Crippen LogP contribution >= 0.6 is 0 Å². The molecule has 3 aromatic rings. The maximum atomic E-state index is 14.5. The number of methoxy groups -OCH3 is 2. The number of carbonyl (C=O) groups excluding carboxylic acids is 3. The monoisotopic (exact) mass is 671 g/mol. The number of likely N-dealkylation sites (tertiary alicyclic amines) is 1. The standard InChI is InChI=1S/C37H45N3O7Si/c1-23-34(48(5,6)29-16-14-28(46-4)15-17-29)32(21-33(42)40-19-7-8-26(40)22-41)47-37(23)30-20-25(11-18-31(30)39(2)36(37)44)38-35(43)24-9-12-27(45-3)13-10-24/h9-18,20,23,26,32,34,41H,7-8,19,21-22H2,1-6H3,(H,38,43)/t23-,26+,32+,34-,37+/m1/s1. The van der Waals surface area contributed by atoms with E-state index in [1.165, 1.54) is 5.19 Å². The van der Waals surface area contributed by atoms with Gasteiger partial charge < -0.3 is 34.4 Å². The molecule has 0 saturated carbocycles. The number of rotatable bonds is 9. The molecule has 1 spiro atoms. The Balaban J connectivity index is 1.39. The number of nitrogens with zero attached hydrogens (tertiary/aromatic N) is 2. The number of amides is 3. The lowest BCUT2D eigenvalue weighted by molar-refractivity contribution is -0.149. The van der Waals surface area contributed by atoms with Crippen LogP contribution in [0.1, 0.15) is 42.1 Å². The zero-order chi connectivity index (χ0) is 34.4. The second-order valence-corrected chi connectivity index (χ2v) is 18.4. The molecule has 3 aromatic carbocycles. The molecule has 3 aliphatic heterocycles. The van der Waals surface area contributed by atoms with E-state index in [4.69, 9.17) is 14.2 Å². The van der Waals surface area contributed by atoms with Crippen LogP contribution in [-0.2, 0) is 19.9 Å². The summed E-state index contributed by atoms with van der Waals surface area (Å²) in [5.41, 5.74) is 0.939. The molecule has 2 N–H and O–H groups in total. The van der Waals surface area contributed by atoms with Crippen molar-refractivity contribution < 1.29 is 33.7 Å². The fraction of sp³-hybridized carbons (Fsp3) is 0.432. The van der Waals surface area contributed by atoms with Gasteiger partial charge in [-0.1, -0.05) is 37.3 Å². The molecule has 0 unspecified atom stereocenters. The molecular weight excluding hydrogens is 627 g/mol. The van der Waals surface area contributed by atoms with Gasteiger partial charge in [0.15, 0.2) is 5.60 Å². The minimum Gasteiger partial charge on any atom is -0.497 e. The summed E-state index contributed by atoms with van der Waals surface area (Å²) in [4.78, 5) is 45.0. The van der Waals surface area contributed by atoms with Crippen molar-refractivity contribution in [1.29, 1.82) is 0 Å². The van der Waals surface area contributed by atoms with Crippen molar-refractivity contribution in [2.75, 3.05) is 44.6 Å². The first-order chi connectivity index (χ1) is 23.0. The van der Waals surface area contributed by atoms with Crippen LogP contribution in [0.5, 0.6) is 11.5 Å². The van der Waals surface area contributed by atoms with Crippen LogP contribution in [0, 0.1) is 5.92 Å². The van der Waals surface area contributed by atoms with Gasteiger partial charge >= 0.3 is 0 Å². The third-order valence-electron chi connectivity index (χ3n) is 10.9. The number of ether oxygens (including phenoxy) is 3. The fourth-order valence-electron chi connectivity index (χ4n) is 8.29. The molecule has 5 atom stereocenters. The molecule has 0 aromatic heterocycles. The van der Waals surface area contributed by atoms with Gasteiger partial charge in [-0.15, -0.1) is 0 Å². The second-order valence-electron chi connectivity index (χ2n) is 13.7. The number of aliphatic hydroxyl groups is 1. The number of fused-ring (bicyclic) bond motifs is 2. The molecule has 10 nitrogen and oxygen atoms in total. The Morgan fingerprint density at radius 2 is 1.67 bits per heavy atom. The first-order valence-corrected chi connectivity index (χ1v) is 19.6. The highest BCUT2D eigenvalue weighted by Crippen LogP contribution is 2.60. The summed E-state index contributed by atoms with van der Waals surface area (Å²) in [5.74, 6) is 0.582. The summed E-state index contributed by atoms with van der Waals surface area (Å²) in [7, 11) is 2.51. The Morgan fingerprint density at radius 3 is 2.29 bits per heavy atom. The largest absolute Gasteiger partial charge is 0.497 e. The SMILES string of the molecule is COc1ccc(C(=O)Nc2ccc3c(c2)[C@]2(O[C@@H](CC(=O)N4CCC[C@H]4CO)[C@H]([Si](C)(C)c4ccc(OC)cc4)[C@H]2C)C(=O)N3C)cc1. The topological polar surface area (TPSA) is 118 Å². The molecule has 48 heavy (non-hydrogen) atoms. The number of hydrogen-bond donors (Lipinski definition) is 2. The number of nitrogens with one attached hydrogen (secondary N) is 1. The van der Waals surface area contributed by atoms with Crippen molar-refractivity contribution in [3.8, 4) is 11.5 Å². The second kappa shape index (κ2) is 13.0. The predicted molar refractivity (Wildman–Crippen MR) is 187 cm³/mol. The number of hydrogen-bond acceptors (Lipinski definition) is 7. The summed E-state index contributed by atoms with van der Waals surface area (Å²) < 4.78 is 17.7. The molecule has 2 saturated heterocycles. The van der Waals surface area contributed by atoms with E-state index in [9.17, 15) is 19.5 Å². The zero-order valence-electron chi connectivity index (χ0n) is 28.5. The Kier molecular flexibility index (Phi) is 9.14. The van der Waals surface area contributed by atoms with Crippen molar-refractivity contribution in [2.45, 2.75) is 62.6 Å². The lowest BCUT2D eigenvalue weighted by Gasteiger charge is -2.37. The number of carbonyl (C=O) groups is 3. The quantitative estimate of drug-likeness (QED) is 0.322. The van der Waals surface area contributed by atoms with Crippen molar-refractivity contribution in [3.05, 3.63) is 77.9 Å². The Morgan fingerprint density at radius 1 is 1.02 bits per heavy atom. The van der Waals surface area contributed by atoms with Gasteiger partial charge in [0.25, 0.3) is 11.8 Å². The van der Waals surface area contributed by atoms with E-state index in [0.29, 0.717) is 34.8 Å². The maximum Gasteiger partial charge on any atom is 0.264 e.